The molecular formula is C9H8F2N2OS. The maximum Gasteiger partial charge on any atom is 0.265 e. The normalized spacial score (nSPS) is 10.3. The number of rotatable bonds is 3. The van der Waals surface area contributed by atoms with Crippen molar-refractivity contribution in [3.8, 4) is 6.07 Å². The van der Waals surface area contributed by atoms with Crippen molar-refractivity contribution in [1.29, 1.82) is 5.26 Å². The average Bonchev–Trinajstić information content (AvgIpc) is 2.17. The number of thioether (sulfide) groups is 1. The van der Waals surface area contributed by atoms with Crippen LogP contribution in [-0.2, 0) is 0 Å². The molecule has 0 aliphatic rings. The molecule has 0 bridgehead atoms. The van der Waals surface area contributed by atoms with Crippen molar-refractivity contribution in [2.24, 2.45) is 0 Å². The molecule has 0 saturated carbocycles. The number of aromatic nitrogens is 1. The molecule has 0 atom stereocenters. The quantitative estimate of drug-likeness (QED) is 0.810. The minimum Gasteiger partial charge on any atom is -0.316 e. The van der Waals surface area contributed by atoms with E-state index < -0.39 is 17.5 Å². The molecule has 0 radical (unpaired) electrons. The van der Waals surface area contributed by atoms with Crippen molar-refractivity contribution in [3.63, 3.8) is 0 Å². The second kappa shape index (κ2) is 4.94. The Labute approximate surface area is 89.1 Å². The van der Waals surface area contributed by atoms with Crippen LogP contribution in [-0.4, -0.2) is 10.7 Å². The Kier molecular flexibility index (Phi) is 3.86. The number of pyridine rings is 1. The maximum absolute atomic E-state index is 12.5. The van der Waals surface area contributed by atoms with Crippen molar-refractivity contribution in [3.05, 3.63) is 27.5 Å². The molecule has 0 spiro atoms. The molecule has 0 aliphatic carbocycles. The number of hydrogen-bond donors (Lipinski definition) is 1. The zero-order valence-corrected chi connectivity index (χ0v) is 8.70. The highest BCUT2D eigenvalue weighted by Crippen LogP contribution is 2.27. The minimum atomic E-state index is -2.81. The highest BCUT2D eigenvalue weighted by atomic mass is 32.2. The molecule has 1 aromatic heterocycles. The van der Waals surface area contributed by atoms with E-state index in [2.05, 4.69) is 4.98 Å². The summed E-state index contributed by atoms with van der Waals surface area (Å²) < 4.78 is 25.0. The monoisotopic (exact) mass is 230 g/mol. The molecule has 0 amide bonds. The van der Waals surface area contributed by atoms with E-state index in [0.29, 0.717) is 5.75 Å². The molecule has 0 aromatic carbocycles. The summed E-state index contributed by atoms with van der Waals surface area (Å²) >= 11 is 1.16. The lowest BCUT2D eigenvalue weighted by Crippen LogP contribution is -2.10. The molecule has 80 valence electrons. The molecule has 1 heterocycles. The van der Waals surface area contributed by atoms with Crippen LogP contribution in [0, 0.1) is 11.3 Å². The summed E-state index contributed by atoms with van der Waals surface area (Å²) in [6.45, 7) is 1.80. The van der Waals surface area contributed by atoms with Crippen LogP contribution in [0.15, 0.2) is 15.9 Å². The van der Waals surface area contributed by atoms with Gasteiger partial charge in [-0.05, 0) is 5.75 Å². The molecule has 1 aromatic rings. The number of H-pyrrole nitrogens is 1. The van der Waals surface area contributed by atoms with Crippen LogP contribution in [0.25, 0.3) is 0 Å². The Morgan fingerprint density at radius 2 is 2.33 bits per heavy atom. The van der Waals surface area contributed by atoms with E-state index in [1.165, 1.54) is 0 Å². The van der Waals surface area contributed by atoms with Crippen molar-refractivity contribution in [2.45, 2.75) is 18.4 Å². The van der Waals surface area contributed by atoms with Gasteiger partial charge < -0.3 is 4.98 Å². The Balaban J connectivity index is 3.40. The van der Waals surface area contributed by atoms with Gasteiger partial charge in [0.1, 0.15) is 6.07 Å². The number of aromatic amines is 1. The van der Waals surface area contributed by atoms with Crippen molar-refractivity contribution >= 4 is 11.8 Å². The summed E-state index contributed by atoms with van der Waals surface area (Å²) in [5, 5.41) is 8.96. The lowest BCUT2D eigenvalue weighted by atomic mass is 10.1. The fraction of sp³-hybridized carbons (Fsp3) is 0.333. The predicted octanol–water partition coefficient (Wildman–Crippen LogP) is 2.30. The van der Waals surface area contributed by atoms with Crippen LogP contribution < -0.4 is 5.56 Å². The van der Waals surface area contributed by atoms with Gasteiger partial charge in [-0.3, -0.25) is 4.79 Å². The molecule has 0 aliphatic heterocycles. The van der Waals surface area contributed by atoms with E-state index in [1.54, 1.807) is 13.0 Å². The van der Waals surface area contributed by atoms with Crippen LogP contribution in [0.3, 0.4) is 0 Å². The fourth-order valence-corrected chi connectivity index (χ4v) is 1.86. The first-order valence-corrected chi connectivity index (χ1v) is 5.17. The second-order valence-electron chi connectivity index (χ2n) is 2.64. The SMILES string of the molecule is CCSc1[nH]c(=O)cc(C(F)F)c1C#N. The van der Waals surface area contributed by atoms with Crippen LogP contribution in [0.5, 0.6) is 0 Å². The Bertz CT molecular complexity index is 450. The number of nitriles is 1. The molecule has 0 saturated heterocycles. The van der Waals surface area contributed by atoms with E-state index in [0.717, 1.165) is 17.8 Å². The van der Waals surface area contributed by atoms with Gasteiger partial charge in [-0.15, -0.1) is 11.8 Å². The Morgan fingerprint density at radius 3 is 2.80 bits per heavy atom. The van der Waals surface area contributed by atoms with Gasteiger partial charge in [0, 0.05) is 11.6 Å². The molecule has 1 rings (SSSR count). The van der Waals surface area contributed by atoms with Crippen molar-refractivity contribution in [1.82, 2.24) is 4.98 Å². The number of hydrogen-bond acceptors (Lipinski definition) is 3. The first-order chi connectivity index (χ1) is 7.10. The first-order valence-electron chi connectivity index (χ1n) is 4.18. The summed E-state index contributed by atoms with van der Waals surface area (Å²) in [6, 6.07) is 2.45. The van der Waals surface area contributed by atoms with Gasteiger partial charge in [0.15, 0.2) is 0 Å². The van der Waals surface area contributed by atoms with E-state index >= 15 is 0 Å². The summed E-state index contributed by atoms with van der Waals surface area (Å²) in [6.07, 6.45) is -2.81. The van der Waals surface area contributed by atoms with Gasteiger partial charge in [0.2, 0.25) is 5.56 Å². The summed E-state index contributed by atoms with van der Waals surface area (Å²) in [5.74, 6) is 0.595. The van der Waals surface area contributed by atoms with Gasteiger partial charge in [-0.1, -0.05) is 6.92 Å². The topological polar surface area (TPSA) is 56.6 Å². The van der Waals surface area contributed by atoms with E-state index in [-0.39, 0.29) is 10.6 Å². The van der Waals surface area contributed by atoms with Crippen molar-refractivity contribution in [2.75, 3.05) is 5.75 Å². The third-order valence-electron chi connectivity index (χ3n) is 1.67. The van der Waals surface area contributed by atoms with E-state index in [4.69, 9.17) is 5.26 Å². The van der Waals surface area contributed by atoms with Gasteiger partial charge in [0.05, 0.1) is 10.6 Å². The first kappa shape index (κ1) is 11.7. The third-order valence-corrected chi connectivity index (χ3v) is 2.56. The van der Waals surface area contributed by atoms with Gasteiger partial charge in [-0.2, -0.15) is 5.26 Å². The zero-order valence-electron chi connectivity index (χ0n) is 7.88. The van der Waals surface area contributed by atoms with Crippen LogP contribution in [0.4, 0.5) is 8.78 Å². The van der Waals surface area contributed by atoms with Crippen LogP contribution in [0.1, 0.15) is 24.5 Å². The average molecular weight is 230 g/mol. The Morgan fingerprint density at radius 1 is 1.67 bits per heavy atom. The standard InChI is InChI=1S/C9H8F2N2OS/c1-2-15-9-6(4-12)5(8(10)11)3-7(14)13-9/h3,8H,2H2,1H3,(H,13,14). The van der Waals surface area contributed by atoms with Crippen molar-refractivity contribution < 1.29 is 8.78 Å². The lowest BCUT2D eigenvalue weighted by Gasteiger charge is -2.06. The van der Waals surface area contributed by atoms with Crippen LogP contribution in [0.2, 0.25) is 0 Å². The Hall–Kier alpha value is -1.35. The molecule has 1 N–H and O–H groups in total. The number of halogens is 2. The lowest BCUT2D eigenvalue weighted by molar-refractivity contribution is 0.150. The van der Waals surface area contributed by atoms with Gasteiger partial charge in [0.25, 0.3) is 6.43 Å². The smallest absolute Gasteiger partial charge is 0.265 e. The molecule has 15 heavy (non-hydrogen) atoms. The molecule has 6 heteroatoms. The van der Waals surface area contributed by atoms with E-state index in [1.807, 2.05) is 0 Å². The highest BCUT2D eigenvalue weighted by Gasteiger charge is 2.17. The predicted molar refractivity (Wildman–Crippen MR) is 53.1 cm³/mol. The fourth-order valence-electron chi connectivity index (χ4n) is 1.09. The summed E-state index contributed by atoms with van der Waals surface area (Å²) in [4.78, 5) is 13.4. The number of nitrogens with one attached hydrogen (secondary N) is 1. The van der Waals surface area contributed by atoms with Gasteiger partial charge in [-0.25, -0.2) is 8.78 Å². The molecular weight excluding hydrogens is 222 g/mol. The summed E-state index contributed by atoms with van der Waals surface area (Å²) in [7, 11) is 0. The van der Waals surface area contributed by atoms with Gasteiger partial charge >= 0.3 is 0 Å². The van der Waals surface area contributed by atoms with E-state index in [9.17, 15) is 13.6 Å². The number of alkyl halides is 2. The molecule has 0 fully saturated rings. The highest BCUT2D eigenvalue weighted by molar-refractivity contribution is 7.99. The third kappa shape index (κ3) is 2.57. The maximum atomic E-state index is 12.5. The van der Waals surface area contributed by atoms with Crippen LogP contribution >= 0.6 is 11.8 Å². The second-order valence-corrected chi connectivity index (χ2v) is 3.91. The zero-order chi connectivity index (χ0) is 11.4. The number of nitrogens with zero attached hydrogens (tertiary/aromatic N) is 1. The molecule has 3 nitrogen and oxygen atoms in total. The molecule has 0 unspecified atom stereocenters. The summed E-state index contributed by atoms with van der Waals surface area (Å²) in [5.41, 5.74) is -1.26. The minimum absolute atomic E-state index is 0.142. The largest absolute Gasteiger partial charge is 0.316 e.